The fourth-order valence-electron chi connectivity index (χ4n) is 1.50. The zero-order chi connectivity index (χ0) is 8.55. The highest BCUT2D eigenvalue weighted by Gasteiger charge is 2.39. The molecular weight excluding hydrogens is 154 g/mol. The summed E-state index contributed by atoms with van der Waals surface area (Å²) in [4.78, 5) is 13.3. The summed E-state index contributed by atoms with van der Waals surface area (Å²) in [6, 6.07) is 0.799. The highest BCUT2D eigenvalue weighted by Crippen LogP contribution is 2.30. The van der Waals surface area contributed by atoms with Crippen molar-refractivity contribution in [2.45, 2.75) is 24.9 Å². The maximum atomic E-state index is 11.4. The van der Waals surface area contributed by atoms with E-state index in [1.165, 1.54) is 6.08 Å². The normalized spacial score (nSPS) is 23.0. The van der Waals surface area contributed by atoms with Crippen molar-refractivity contribution in [3.05, 3.63) is 12.7 Å². The third-order valence-electron chi connectivity index (χ3n) is 2.38. The van der Waals surface area contributed by atoms with Crippen molar-refractivity contribution in [2.24, 2.45) is 0 Å². The quantitative estimate of drug-likeness (QED) is 0.575. The van der Waals surface area contributed by atoms with Gasteiger partial charge in [-0.1, -0.05) is 6.58 Å². The highest BCUT2D eigenvalue weighted by molar-refractivity contribution is 5.87. The number of amides is 1. The Morgan fingerprint density at radius 1 is 1.42 bits per heavy atom. The van der Waals surface area contributed by atoms with Crippen molar-refractivity contribution in [1.29, 1.82) is 0 Å². The Morgan fingerprint density at radius 2 is 2.08 bits per heavy atom. The minimum absolute atomic E-state index is 0.0609. The van der Waals surface area contributed by atoms with Crippen molar-refractivity contribution in [3.63, 3.8) is 0 Å². The molecule has 3 nitrogen and oxygen atoms in total. The van der Waals surface area contributed by atoms with E-state index >= 15 is 0 Å². The van der Waals surface area contributed by atoms with Crippen molar-refractivity contribution in [3.8, 4) is 0 Å². The number of hydrogen-bond acceptors (Lipinski definition) is 2. The third-order valence-corrected chi connectivity index (χ3v) is 2.38. The summed E-state index contributed by atoms with van der Waals surface area (Å²) in [7, 11) is 0. The SMILES string of the molecule is C=CC(=O)N(C1CC1)C1COC1. The van der Waals surface area contributed by atoms with Gasteiger partial charge in [0.05, 0.1) is 19.3 Å². The number of rotatable bonds is 3. The fraction of sp³-hybridized carbons (Fsp3) is 0.667. The molecule has 1 aliphatic heterocycles. The van der Waals surface area contributed by atoms with Gasteiger partial charge in [-0.05, 0) is 18.9 Å². The lowest BCUT2D eigenvalue weighted by molar-refractivity contribution is -0.140. The minimum Gasteiger partial charge on any atom is -0.377 e. The second-order valence-corrected chi connectivity index (χ2v) is 3.37. The average molecular weight is 167 g/mol. The van der Waals surface area contributed by atoms with Crippen molar-refractivity contribution in [2.75, 3.05) is 13.2 Å². The van der Waals surface area contributed by atoms with Crippen LogP contribution in [0.5, 0.6) is 0 Å². The third kappa shape index (κ3) is 1.25. The largest absolute Gasteiger partial charge is 0.377 e. The maximum Gasteiger partial charge on any atom is 0.246 e. The van der Waals surface area contributed by atoms with Crippen LogP contribution in [0.2, 0.25) is 0 Å². The second kappa shape index (κ2) is 2.90. The van der Waals surface area contributed by atoms with E-state index < -0.39 is 0 Å². The zero-order valence-electron chi connectivity index (χ0n) is 7.03. The first-order valence-electron chi connectivity index (χ1n) is 4.35. The lowest BCUT2D eigenvalue weighted by Crippen LogP contribution is -2.52. The van der Waals surface area contributed by atoms with E-state index in [-0.39, 0.29) is 5.91 Å². The molecule has 1 amide bonds. The fourth-order valence-corrected chi connectivity index (χ4v) is 1.50. The van der Waals surface area contributed by atoms with Crippen LogP contribution in [-0.2, 0) is 9.53 Å². The first-order valence-corrected chi connectivity index (χ1v) is 4.35. The van der Waals surface area contributed by atoms with Crippen molar-refractivity contribution in [1.82, 2.24) is 4.90 Å². The van der Waals surface area contributed by atoms with Crippen LogP contribution >= 0.6 is 0 Å². The van der Waals surface area contributed by atoms with E-state index in [1.54, 1.807) is 0 Å². The van der Waals surface area contributed by atoms with Gasteiger partial charge in [0.2, 0.25) is 5.91 Å². The van der Waals surface area contributed by atoms with Crippen molar-refractivity contribution < 1.29 is 9.53 Å². The van der Waals surface area contributed by atoms with Crippen LogP contribution in [0, 0.1) is 0 Å². The molecule has 3 heteroatoms. The van der Waals surface area contributed by atoms with E-state index in [2.05, 4.69) is 6.58 Å². The summed E-state index contributed by atoms with van der Waals surface area (Å²) in [5, 5.41) is 0. The van der Waals surface area contributed by atoms with Crippen LogP contribution in [0.4, 0.5) is 0 Å². The predicted octanol–water partition coefficient (Wildman–Crippen LogP) is 0.562. The van der Waals surface area contributed by atoms with Gasteiger partial charge >= 0.3 is 0 Å². The molecule has 0 aromatic heterocycles. The first kappa shape index (κ1) is 7.80. The molecule has 2 aliphatic rings. The Kier molecular flexibility index (Phi) is 1.89. The van der Waals surface area contributed by atoms with Gasteiger partial charge in [0.15, 0.2) is 0 Å². The molecule has 66 valence electrons. The Bertz CT molecular complexity index is 207. The van der Waals surface area contributed by atoms with Crippen LogP contribution in [0.3, 0.4) is 0 Å². The van der Waals surface area contributed by atoms with Crippen molar-refractivity contribution >= 4 is 5.91 Å². The molecule has 0 atom stereocenters. The van der Waals surface area contributed by atoms with Gasteiger partial charge in [-0.15, -0.1) is 0 Å². The first-order chi connectivity index (χ1) is 5.83. The molecule has 0 unspecified atom stereocenters. The Labute approximate surface area is 72.0 Å². The van der Waals surface area contributed by atoms with E-state index in [9.17, 15) is 4.79 Å². The molecule has 0 aromatic rings. The molecule has 2 rings (SSSR count). The molecule has 12 heavy (non-hydrogen) atoms. The standard InChI is InChI=1S/C9H13NO2/c1-2-9(11)10(7-3-4-7)8-5-12-6-8/h2,7-8H,1,3-6H2. The summed E-state index contributed by atoms with van der Waals surface area (Å²) < 4.78 is 5.06. The van der Waals surface area contributed by atoms with Gasteiger partial charge in [0.1, 0.15) is 0 Å². The van der Waals surface area contributed by atoms with E-state index in [1.807, 2.05) is 4.90 Å². The molecule has 0 bridgehead atoms. The smallest absolute Gasteiger partial charge is 0.246 e. The molecule has 0 radical (unpaired) electrons. The maximum absolute atomic E-state index is 11.4. The Hall–Kier alpha value is -0.830. The number of ether oxygens (including phenoxy) is 1. The monoisotopic (exact) mass is 167 g/mol. The molecular formula is C9H13NO2. The summed E-state index contributed by atoms with van der Waals surface area (Å²) in [5.74, 6) is 0.0609. The van der Waals surface area contributed by atoms with Gasteiger partial charge < -0.3 is 9.64 Å². The highest BCUT2D eigenvalue weighted by atomic mass is 16.5. The van der Waals surface area contributed by atoms with Crippen LogP contribution in [0.15, 0.2) is 12.7 Å². The van der Waals surface area contributed by atoms with Gasteiger partial charge in [-0.25, -0.2) is 0 Å². The topological polar surface area (TPSA) is 29.5 Å². The minimum atomic E-state index is 0.0609. The van der Waals surface area contributed by atoms with Gasteiger partial charge in [-0.3, -0.25) is 4.79 Å². The molecule has 2 fully saturated rings. The summed E-state index contributed by atoms with van der Waals surface area (Å²) in [6.07, 6.45) is 3.70. The number of nitrogens with zero attached hydrogens (tertiary/aromatic N) is 1. The predicted molar refractivity (Wildman–Crippen MR) is 44.7 cm³/mol. The second-order valence-electron chi connectivity index (χ2n) is 3.37. The molecule has 1 saturated heterocycles. The molecule has 0 N–H and O–H groups in total. The molecule has 0 aromatic carbocycles. The molecule has 1 saturated carbocycles. The van der Waals surface area contributed by atoms with E-state index in [0.29, 0.717) is 25.3 Å². The molecule has 1 heterocycles. The van der Waals surface area contributed by atoms with Gasteiger partial charge in [0, 0.05) is 6.04 Å². The average Bonchev–Trinajstić information content (AvgIpc) is 2.77. The lowest BCUT2D eigenvalue weighted by atomic mass is 10.2. The zero-order valence-corrected chi connectivity index (χ0v) is 7.03. The summed E-state index contributed by atoms with van der Waals surface area (Å²) in [6.45, 7) is 4.91. The van der Waals surface area contributed by atoms with E-state index in [0.717, 1.165) is 12.8 Å². The summed E-state index contributed by atoms with van der Waals surface area (Å²) in [5.41, 5.74) is 0. The molecule has 1 aliphatic carbocycles. The van der Waals surface area contributed by atoms with Gasteiger partial charge in [-0.2, -0.15) is 0 Å². The van der Waals surface area contributed by atoms with Crippen LogP contribution in [0.1, 0.15) is 12.8 Å². The van der Waals surface area contributed by atoms with Crippen LogP contribution < -0.4 is 0 Å². The molecule has 0 spiro atoms. The number of carbonyl (C=O) groups is 1. The Morgan fingerprint density at radius 3 is 2.42 bits per heavy atom. The van der Waals surface area contributed by atoms with Gasteiger partial charge in [0.25, 0.3) is 0 Å². The van der Waals surface area contributed by atoms with Crippen LogP contribution in [-0.4, -0.2) is 36.1 Å². The summed E-state index contributed by atoms with van der Waals surface area (Å²) >= 11 is 0. The number of carbonyl (C=O) groups excluding carboxylic acids is 1. The van der Waals surface area contributed by atoms with Crippen LogP contribution in [0.25, 0.3) is 0 Å². The Balaban J connectivity index is 2.00. The number of hydrogen-bond donors (Lipinski definition) is 0. The van der Waals surface area contributed by atoms with E-state index in [4.69, 9.17) is 4.74 Å². The lowest BCUT2D eigenvalue weighted by Gasteiger charge is -2.36.